The van der Waals surface area contributed by atoms with Gasteiger partial charge >= 0.3 is 12.4 Å². The van der Waals surface area contributed by atoms with Gasteiger partial charge in [-0.2, -0.15) is 26.3 Å². The van der Waals surface area contributed by atoms with Crippen LogP contribution in [0.15, 0.2) is 0 Å². The summed E-state index contributed by atoms with van der Waals surface area (Å²) in [5.74, 6) is -16.7. The van der Waals surface area contributed by atoms with Crippen LogP contribution in [-0.4, -0.2) is 287 Å². The number of rotatable bonds is 10. The number of hydrogen-bond donors (Lipinski definition) is 3. The Morgan fingerprint density at radius 2 is 1.21 bits per heavy atom. The molecule has 5 saturated heterocycles. The lowest BCUT2D eigenvalue weighted by molar-refractivity contribution is -0.219. The number of hydrogen-bond acceptors (Lipinski definition) is 13. The second kappa shape index (κ2) is 35.6. The van der Waals surface area contributed by atoms with Crippen LogP contribution >= 0.6 is 0 Å². The lowest BCUT2D eigenvalue weighted by atomic mass is 9.74. The molecular weight excluding hydrogens is 1430 g/mol. The molecule has 108 heavy (non-hydrogen) atoms. The Kier molecular flexibility index (Phi) is 28.0. The van der Waals surface area contributed by atoms with Crippen molar-refractivity contribution in [1.82, 2.24) is 60.0 Å². The molecule has 0 radical (unpaired) electrons. The summed E-state index contributed by atoms with van der Waals surface area (Å²) in [5, 5.41) is 8.47. The Bertz CT molecular complexity index is 3260. The van der Waals surface area contributed by atoms with Crippen molar-refractivity contribution in [3.05, 3.63) is 0 Å². The van der Waals surface area contributed by atoms with Crippen molar-refractivity contribution < 1.29 is 97.4 Å². The third kappa shape index (κ3) is 18.8. The minimum atomic E-state index is -5.20. The van der Waals surface area contributed by atoms with Crippen molar-refractivity contribution in [2.75, 3.05) is 87.7 Å². The molecule has 4 saturated carbocycles. The number of ether oxygens (including phenoxy) is 1. The third-order valence-corrected chi connectivity index (χ3v) is 25.9. The van der Waals surface area contributed by atoms with Crippen LogP contribution in [0.3, 0.4) is 0 Å². The maximum absolute atomic E-state index is 15.6. The zero-order valence-electron chi connectivity index (χ0n) is 64.2. The molecule has 25 nitrogen and oxygen atoms in total. The Balaban J connectivity index is 1.09. The summed E-state index contributed by atoms with van der Waals surface area (Å²) in [5.41, 5.74) is -1.64. The number of alkyl halides is 8. The first-order valence-corrected chi connectivity index (χ1v) is 39.3. The summed E-state index contributed by atoms with van der Waals surface area (Å²) in [6.07, 6.45) is -14.7. The van der Waals surface area contributed by atoms with Crippen molar-refractivity contribution in [1.29, 1.82) is 0 Å². The third-order valence-electron chi connectivity index (χ3n) is 25.9. The summed E-state index contributed by atoms with van der Waals surface area (Å²) in [7, 11) is 6.83. The molecule has 12 amide bonds. The van der Waals surface area contributed by atoms with E-state index in [-0.39, 0.29) is 141 Å². The van der Waals surface area contributed by atoms with E-state index in [2.05, 4.69) is 16.0 Å². The van der Waals surface area contributed by atoms with Gasteiger partial charge < -0.3 is 64.8 Å². The van der Waals surface area contributed by atoms with Gasteiger partial charge in [0.2, 0.25) is 70.9 Å². The Morgan fingerprint density at radius 3 is 1.78 bits per heavy atom. The summed E-state index contributed by atoms with van der Waals surface area (Å²) >= 11 is 0. The second-order valence-corrected chi connectivity index (χ2v) is 32.7. The van der Waals surface area contributed by atoms with Gasteiger partial charge in [0.05, 0.1) is 32.1 Å². The SMILES string of the molecule is CC[C@H](C)[C@@H]1NC(=O)[C@H](CC)N(C)C(=O)C[C@@H](C(=O)N2CCOCC2)N(C)C(=O)[C@H](C2CCCC2)N(C)C(=O)C2(CCC2)NC(=O)[C@@H]2CCCN2C(=O)[C@H](CCC2CC(F)C(C(F)(F)F)C(F)C2)NC(=O)CN(C)C(=O)[C@H](CC2CCC(C(F)(F)F)CC2)N2C[C@H](C)[C@H](C)C[C@@H](C2=O)N(C)C(=O)[C@@H]2CCN2C1=O. The van der Waals surface area contributed by atoms with Gasteiger partial charge in [0.25, 0.3) is 0 Å². The zero-order chi connectivity index (χ0) is 79.3. The average Bonchev–Trinajstić information content (AvgIpc) is 1.31. The van der Waals surface area contributed by atoms with Crippen molar-refractivity contribution in [2.24, 2.45) is 47.3 Å². The molecule has 4 aliphatic carbocycles. The van der Waals surface area contributed by atoms with Gasteiger partial charge in [-0.3, -0.25) is 57.5 Å². The van der Waals surface area contributed by atoms with E-state index >= 15 is 47.1 Å². The molecule has 9 rings (SSSR count). The quantitative estimate of drug-likeness (QED) is 0.214. The van der Waals surface area contributed by atoms with Crippen LogP contribution < -0.4 is 16.0 Å². The normalized spacial score (nSPS) is 34.3. The molecule has 5 heterocycles. The number of likely N-dealkylation sites (N-methyl/N-ethyl adjacent to an activating group) is 5. The van der Waals surface area contributed by atoms with E-state index in [1.165, 1.54) is 69.5 Å². The van der Waals surface area contributed by atoms with Gasteiger partial charge in [-0.25, -0.2) is 8.78 Å². The van der Waals surface area contributed by atoms with E-state index in [1.54, 1.807) is 20.8 Å². The highest BCUT2D eigenvalue weighted by atomic mass is 19.4. The first-order valence-electron chi connectivity index (χ1n) is 39.3. The molecule has 608 valence electrons. The first kappa shape index (κ1) is 85.0. The molecule has 33 heteroatoms. The number of carbonyl (C=O) groups excluding carboxylic acids is 12. The summed E-state index contributed by atoms with van der Waals surface area (Å²) in [6.45, 7) is 8.49. The van der Waals surface area contributed by atoms with E-state index in [4.69, 9.17) is 4.74 Å². The highest BCUT2D eigenvalue weighted by Gasteiger charge is 2.57. The van der Waals surface area contributed by atoms with E-state index < -0.39 is 223 Å². The predicted molar refractivity (Wildman–Crippen MR) is 377 cm³/mol. The van der Waals surface area contributed by atoms with E-state index in [0.29, 0.717) is 38.5 Å². The molecule has 3 N–H and O–H groups in total. The maximum atomic E-state index is 15.6. The Labute approximate surface area is 628 Å². The van der Waals surface area contributed by atoms with Gasteiger partial charge in [-0.05, 0) is 158 Å². The number of nitrogens with zero attached hydrogens (tertiary/aromatic N) is 9. The minimum absolute atomic E-state index is 0.0130. The number of morpholine rings is 1. The van der Waals surface area contributed by atoms with Crippen LogP contribution in [-0.2, 0) is 62.3 Å². The van der Waals surface area contributed by atoms with E-state index in [9.17, 15) is 45.5 Å². The highest BCUT2D eigenvalue weighted by Crippen LogP contribution is 2.46. The van der Waals surface area contributed by atoms with Crippen molar-refractivity contribution >= 4 is 70.9 Å². The van der Waals surface area contributed by atoms with Crippen molar-refractivity contribution in [2.45, 2.75) is 267 Å². The fourth-order valence-electron chi connectivity index (χ4n) is 18.2. The number of nitrogens with one attached hydrogen (secondary N) is 3. The largest absolute Gasteiger partial charge is 0.397 e. The fraction of sp³-hybridized carbons (Fsp3) is 0.840. The second-order valence-electron chi connectivity index (χ2n) is 32.7. The number of halogens is 8. The molecule has 2 bridgehead atoms. The van der Waals surface area contributed by atoms with Crippen LogP contribution in [0.2, 0.25) is 0 Å². The predicted octanol–water partition coefficient (Wildman–Crippen LogP) is 5.94. The van der Waals surface area contributed by atoms with Crippen LogP contribution in [0, 0.1) is 47.3 Å². The standard InChI is InChI=1S/C75H114F8N12O13/c1-11-42(3)61-70(105)94-30-26-54(94)67(102)89(8)55-35-43(4)44(5)40-95(69(55)104)57(38-45-20-23-48(24-21-45)74(78,79)80)66(101)87(6)41-58(96)84-51(25-22-46-36-49(76)60(50(77)37-46)75(81,82)83)65(100)93-29-15-19-53(93)64(99)86-73(27-16-28-73)72(107)91(10)62(47-17-13-14-18-47)71(106)90(9)56(68(103)92-31-33-108-34-32-92)39-59(97)88(7)52(12-2)63(98)85-61/h42-57,60-62H,11-41H2,1-10H3,(H,84,96)(H,85,98)(H,86,99)/t42-,43+,44-,45?,46?,48?,49?,50?,51-,52-,53-,54-,55-,56-,57-,60?,61-,62-/m0/s1. The van der Waals surface area contributed by atoms with E-state index in [1.807, 2.05) is 13.8 Å². The maximum Gasteiger partial charge on any atom is 0.397 e. The first-order chi connectivity index (χ1) is 50.8. The Hall–Kier alpha value is -6.96. The molecule has 9 fully saturated rings. The topological polar surface area (TPSA) is 279 Å². The van der Waals surface area contributed by atoms with Gasteiger partial charge in [-0.1, -0.05) is 53.9 Å². The smallest absolute Gasteiger partial charge is 0.378 e. The lowest BCUT2D eigenvalue weighted by Gasteiger charge is -2.47. The van der Waals surface area contributed by atoms with E-state index in [0.717, 1.165) is 9.80 Å². The number of amides is 12. The highest BCUT2D eigenvalue weighted by molar-refractivity contribution is 6.01. The number of fused-ring (bicyclic) bond motifs is 4. The average molecular weight is 1540 g/mol. The van der Waals surface area contributed by atoms with Gasteiger partial charge in [0, 0.05) is 68.0 Å². The summed E-state index contributed by atoms with van der Waals surface area (Å²) in [4.78, 5) is 193. The molecule has 5 aliphatic heterocycles. The van der Waals surface area contributed by atoms with Gasteiger partial charge in [0.15, 0.2) is 0 Å². The fourth-order valence-corrected chi connectivity index (χ4v) is 18.2. The monoisotopic (exact) mass is 1540 g/mol. The summed E-state index contributed by atoms with van der Waals surface area (Å²) < 4.78 is 121. The van der Waals surface area contributed by atoms with Gasteiger partial charge in [0.1, 0.15) is 78.2 Å². The van der Waals surface area contributed by atoms with Crippen LogP contribution in [0.4, 0.5) is 35.1 Å². The molecule has 0 aromatic rings. The molecule has 9 aliphatic rings. The van der Waals surface area contributed by atoms with Crippen LogP contribution in [0.5, 0.6) is 0 Å². The Morgan fingerprint density at radius 1 is 0.583 bits per heavy atom. The summed E-state index contributed by atoms with van der Waals surface area (Å²) in [6, 6.07) is -12.1. The molecule has 2 unspecified atom stereocenters. The number of carbonyl (C=O) groups is 12. The zero-order valence-corrected chi connectivity index (χ0v) is 64.2. The van der Waals surface area contributed by atoms with Crippen LogP contribution in [0.1, 0.15) is 182 Å². The molecule has 0 aromatic carbocycles. The molecular formula is C75H114F8N12O13. The molecule has 0 aromatic heterocycles. The van der Waals surface area contributed by atoms with Crippen LogP contribution in [0.25, 0.3) is 0 Å². The molecule has 1 spiro atoms. The van der Waals surface area contributed by atoms with Gasteiger partial charge in [-0.15, -0.1) is 0 Å². The molecule has 14 atom stereocenters. The van der Waals surface area contributed by atoms with Crippen molar-refractivity contribution in [3.8, 4) is 0 Å². The van der Waals surface area contributed by atoms with Crippen molar-refractivity contribution in [3.63, 3.8) is 0 Å². The minimum Gasteiger partial charge on any atom is -0.378 e. The lowest BCUT2D eigenvalue weighted by Crippen LogP contribution is -2.68.